The molecule has 5 heteroatoms. The first-order chi connectivity index (χ1) is 16.6. The molecule has 166 valence electrons. The number of imide groups is 1. The maximum Gasteiger partial charge on any atom is 0.335 e. The van der Waals surface area contributed by atoms with Crippen LogP contribution in [0, 0.1) is 23.7 Å². The third kappa shape index (κ3) is 2.90. The minimum absolute atomic E-state index is 0.0484. The van der Waals surface area contributed by atoms with Gasteiger partial charge in [-0.3, -0.25) is 9.59 Å². The van der Waals surface area contributed by atoms with E-state index in [4.69, 9.17) is 0 Å². The second kappa shape index (κ2) is 7.66. The van der Waals surface area contributed by atoms with Crippen LogP contribution in [-0.2, 0) is 9.59 Å². The number of benzene rings is 3. The molecule has 2 fully saturated rings. The van der Waals surface area contributed by atoms with E-state index >= 15 is 0 Å². The van der Waals surface area contributed by atoms with Crippen LogP contribution in [-0.4, -0.2) is 22.9 Å². The summed E-state index contributed by atoms with van der Waals surface area (Å²) in [5.41, 5.74) is 4.69. The summed E-state index contributed by atoms with van der Waals surface area (Å²) in [6.07, 6.45) is 4.13. The summed E-state index contributed by atoms with van der Waals surface area (Å²) in [6, 6.07) is 26.2. The number of anilines is 1. The number of hydrogen-bond donors (Lipinski definition) is 1. The number of hydrogen-bond acceptors (Lipinski definition) is 3. The molecular formula is C29H21NO4. The molecule has 5 nitrogen and oxygen atoms in total. The van der Waals surface area contributed by atoms with E-state index in [0.717, 1.165) is 22.3 Å². The maximum absolute atomic E-state index is 13.6. The lowest BCUT2D eigenvalue weighted by Crippen LogP contribution is -2.33. The number of fused-ring (bicyclic) bond motifs is 5. The number of carboxylic acid groups (broad SMARTS) is 1. The number of amides is 2. The average Bonchev–Trinajstić information content (AvgIpc) is 3.50. The molecule has 6 rings (SSSR count). The minimum atomic E-state index is -1.09. The van der Waals surface area contributed by atoms with Crippen molar-refractivity contribution in [3.63, 3.8) is 0 Å². The fourth-order valence-electron chi connectivity index (χ4n) is 5.84. The molecular weight excluding hydrogens is 426 g/mol. The Balaban J connectivity index is 1.47. The van der Waals surface area contributed by atoms with Gasteiger partial charge in [0.05, 0.1) is 23.1 Å². The van der Waals surface area contributed by atoms with Gasteiger partial charge in [0.15, 0.2) is 0 Å². The third-order valence-corrected chi connectivity index (χ3v) is 7.18. The van der Waals surface area contributed by atoms with E-state index in [9.17, 15) is 19.5 Å². The first kappa shape index (κ1) is 20.4. The van der Waals surface area contributed by atoms with Crippen LogP contribution >= 0.6 is 0 Å². The summed E-state index contributed by atoms with van der Waals surface area (Å²) in [5.74, 6) is -2.91. The molecule has 1 aliphatic heterocycles. The van der Waals surface area contributed by atoms with Crippen molar-refractivity contribution in [3.8, 4) is 0 Å². The van der Waals surface area contributed by atoms with Gasteiger partial charge in [0.25, 0.3) is 0 Å². The summed E-state index contributed by atoms with van der Waals surface area (Å²) >= 11 is 0. The van der Waals surface area contributed by atoms with E-state index in [1.54, 1.807) is 12.1 Å². The fraction of sp³-hybridized carbons (Fsp3) is 0.138. The highest BCUT2D eigenvalue weighted by Crippen LogP contribution is 2.58. The zero-order chi connectivity index (χ0) is 23.4. The van der Waals surface area contributed by atoms with Crippen LogP contribution in [0.5, 0.6) is 0 Å². The standard InChI is InChI=1S/C29H21NO4/c31-27-25-21-14-15-22(26(25)28(32)30(27)20-13-7-12-19(16-20)29(33)34)24(21)23(17-8-3-1-4-9-17)18-10-5-2-6-11-18/h1-16,21-22,25-26H,(H,33,34)/t21-,22+,25-,26-/m1/s1. The Labute approximate surface area is 196 Å². The largest absolute Gasteiger partial charge is 0.478 e. The molecule has 1 heterocycles. The van der Waals surface area contributed by atoms with E-state index in [1.165, 1.54) is 17.0 Å². The monoisotopic (exact) mass is 447 g/mol. The van der Waals surface area contributed by atoms with Gasteiger partial charge in [-0.25, -0.2) is 9.69 Å². The Kier molecular flexibility index (Phi) is 4.59. The predicted molar refractivity (Wildman–Crippen MR) is 128 cm³/mol. The summed E-state index contributed by atoms with van der Waals surface area (Å²) in [5, 5.41) is 9.35. The molecule has 2 aliphatic carbocycles. The fourth-order valence-corrected chi connectivity index (χ4v) is 5.84. The lowest BCUT2D eigenvalue weighted by molar-refractivity contribution is -0.122. The first-order valence-corrected chi connectivity index (χ1v) is 11.3. The van der Waals surface area contributed by atoms with Crippen molar-refractivity contribution >= 4 is 29.0 Å². The summed E-state index contributed by atoms with van der Waals surface area (Å²) < 4.78 is 0. The van der Waals surface area contributed by atoms with Gasteiger partial charge in [-0.05, 0) is 40.5 Å². The van der Waals surface area contributed by atoms with Gasteiger partial charge in [0.1, 0.15) is 0 Å². The number of nitrogens with zero attached hydrogens (tertiary/aromatic N) is 1. The Morgan fingerprint density at radius 2 is 1.18 bits per heavy atom. The molecule has 4 atom stereocenters. The van der Waals surface area contributed by atoms with E-state index in [1.807, 2.05) is 36.4 Å². The highest BCUT2D eigenvalue weighted by atomic mass is 16.4. The van der Waals surface area contributed by atoms with Gasteiger partial charge in [0, 0.05) is 11.8 Å². The van der Waals surface area contributed by atoms with E-state index in [-0.39, 0.29) is 29.2 Å². The van der Waals surface area contributed by atoms with E-state index in [2.05, 4.69) is 36.4 Å². The van der Waals surface area contributed by atoms with Crippen molar-refractivity contribution in [3.05, 3.63) is 119 Å². The normalized spacial score (nSPS) is 24.6. The number of carbonyl (C=O) groups excluding carboxylic acids is 2. The molecule has 0 aromatic heterocycles. The molecule has 0 radical (unpaired) electrons. The van der Waals surface area contributed by atoms with Crippen LogP contribution in [0.2, 0.25) is 0 Å². The van der Waals surface area contributed by atoms with Crippen molar-refractivity contribution in [1.82, 2.24) is 0 Å². The molecule has 2 bridgehead atoms. The van der Waals surface area contributed by atoms with Crippen LogP contribution < -0.4 is 4.90 Å². The Morgan fingerprint density at radius 1 is 0.676 bits per heavy atom. The third-order valence-electron chi connectivity index (χ3n) is 7.18. The van der Waals surface area contributed by atoms with Crippen LogP contribution in [0.3, 0.4) is 0 Å². The van der Waals surface area contributed by atoms with Crippen molar-refractivity contribution in [1.29, 1.82) is 0 Å². The quantitative estimate of drug-likeness (QED) is 0.460. The molecule has 1 saturated heterocycles. The van der Waals surface area contributed by atoms with Gasteiger partial charge < -0.3 is 5.11 Å². The van der Waals surface area contributed by atoms with E-state index in [0.29, 0.717) is 5.69 Å². The second-order valence-corrected chi connectivity index (χ2v) is 8.92. The molecule has 3 aliphatic rings. The molecule has 3 aromatic rings. The smallest absolute Gasteiger partial charge is 0.335 e. The zero-order valence-electron chi connectivity index (χ0n) is 18.2. The Morgan fingerprint density at radius 3 is 1.68 bits per heavy atom. The SMILES string of the molecule is O=C(O)c1cccc(N2C(=O)[C@H]3[C@H](C2=O)[C@H]2C=C[C@@H]3C2=C(c2ccccc2)c2ccccc2)c1. The van der Waals surface area contributed by atoms with Gasteiger partial charge in [-0.2, -0.15) is 0 Å². The summed E-state index contributed by atoms with van der Waals surface area (Å²) in [6.45, 7) is 0. The number of carboxylic acids is 1. The number of aromatic carboxylic acids is 1. The molecule has 2 amide bonds. The number of allylic oxidation sites excluding steroid dienone is 3. The van der Waals surface area contributed by atoms with E-state index < -0.39 is 17.8 Å². The molecule has 34 heavy (non-hydrogen) atoms. The highest BCUT2D eigenvalue weighted by Gasteiger charge is 2.62. The van der Waals surface area contributed by atoms with Crippen LogP contribution in [0.15, 0.2) is 103 Å². The molecule has 1 N–H and O–H groups in total. The molecule has 1 saturated carbocycles. The van der Waals surface area contributed by atoms with Gasteiger partial charge in [-0.1, -0.05) is 78.9 Å². The van der Waals surface area contributed by atoms with Crippen LogP contribution in [0.4, 0.5) is 5.69 Å². The summed E-state index contributed by atoms with van der Waals surface area (Å²) in [4.78, 5) is 39.8. The van der Waals surface area contributed by atoms with Crippen LogP contribution in [0.1, 0.15) is 21.5 Å². The van der Waals surface area contributed by atoms with Crippen molar-refractivity contribution in [2.24, 2.45) is 23.7 Å². The van der Waals surface area contributed by atoms with Gasteiger partial charge in [0.2, 0.25) is 11.8 Å². The lowest BCUT2D eigenvalue weighted by atomic mass is 9.85. The van der Waals surface area contributed by atoms with Gasteiger partial charge >= 0.3 is 5.97 Å². The average molecular weight is 447 g/mol. The maximum atomic E-state index is 13.6. The number of rotatable bonds is 4. The Bertz CT molecular complexity index is 1310. The zero-order valence-corrected chi connectivity index (χ0v) is 18.2. The van der Waals surface area contributed by atoms with Crippen molar-refractivity contribution in [2.45, 2.75) is 0 Å². The lowest BCUT2D eigenvalue weighted by Gasteiger charge is -2.21. The second-order valence-electron chi connectivity index (χ2n) is 8.92. The number of carbonyl (C=O) groups is 3. The van der Waals surface area contributed by atoms with Crippen molar-refractivity contribution < 1.29 is 19.5 Å². The Hall–Kier alpha value is -4.25. The minimum Gasteiger partial charge on any atom is -0.478 e. The van der Waals surface area contributed by atoms with Gasteiger partial charge in [-0.15, -0.1) is 0 Å². The highest BCUT2D eigenvalue weighted by molar-refractivity contribution is 6.23. The molecule has 0 unspecified atom stereocenters. The predicted octanol–water partition coefficient (Wildman–Crippen LogP) is 4.81. The molecule has 3 aromatic carbocycles. The van der Waals surface area contributed by atoms with Crippen molar-refractivity contribution in [2.75, 3.05) is 4.90 Å². The topological polar surface area (TPSA) is 74.7 Å². The molecule has 0 spiro atoms. The summed E-state index contributed by atoms with van der Waals surface area (Å²) in [7, 11) is 0. The van der Waals surface area contributed by atoms with Crippen LogP contribution in [0.25, 0.3) is 5.57 Å². The first-order valence-electron chi connectivity index (χ1n) is 11.3.